The second kappa shape index (κ2) is 8.57. The molecule has 0 aliphatic carbocycles. The van der Waals surface area contributed by atoms with Crippen molar-refractivity contribution in [3.8, 4) is 11.5 Å². The molecule has 0 fully saturated rings. The minimum atomic E-state index is -4.03. The lowest BCUT2D eigenvalue weighted by Gasteiger charge is -2.25. The molecular weight excluding hydrogens is 358 g/mol. The fourth-order valence-electron chi connectivity index (χ4n) is 2.33. The van der Waals surface area contributed by atoms with Gasteiger partial charge in [-0.15, -0.1) is 0 Å². The number of anilines is 1. The number of nitrogens with zero attached hydrogens (tertiary/aromatic N) is 1. The Hall–Kier alpha value is -2.74. The van der Waals surface area contributed by atoms with Gasteiger partial charge in [-0.2, -0.15) is 0 Å². The molecule has 0 amide bonds. The van der Waals surface area contributed by atoms with Crippen molar-refractivity contribution in [2.75, 3.05) is 31.7 Å². The molecule has 140 valence electrons. The summed E-state index contributed by atoms with van der Waals surface area (Å²) in [5.41, 5.74) is 0.184. The summed E-state index contributed by atoms with van der Waals surface area (Å²) in [4.78, 5) is 12.1. The van der Waals surface area contributed by atoms with Gasteiger partial charge in [0.15, 0.2) is 0 Å². The molecule has 2 rings (SSSR count). The predicted octanol–water partition coefficient (Wildman–Crippen LogP) is 2.46. The number of ether oxygens (including phenoxy) is 3. The lowest BCUT2D eigenvalue weighted by atomic mass is 10.2. The first-order valence-corrected chi connectivity index (χ1v) is 9.33. The molecule has 26 heavy (non-hydrogen) atoms. The third-order valence-corrected chi connectivity index (χ3v) is 5.34. The van der Waals surface area contributed by atoms with Crippen LogP contribution in [0.15, 0.2) is 53.4 Å². The summed E-state index contributed by atoms with van der Waals surface area (Å²) >= 11 is 0. The molecule has 0 N–H and O–H groups in total. The minimum Gasteiger partial charge on any atom is -0.497 e. The van der Waals surface area contributed by atoms with Crippen LogP contribution < -0.4 is 13.8 Å². The molecule has 2 aromatic carbocycles. The number of esters is 1. The van der Waals surface area contributed by atoms with E-state index in [0.29, 0.717) is 5.75 Å². The third-order valence-electron chi connectivity index (χ3n) is 3.56. The molecule has 0 aliphatic rings. The van der Waals surface area contributed by atoms with E-state index in [9.17, 15) is 13.2 Å². The Morgan fingerprint density at radius 3 is 2.31 bits per heavy atom. The van der Waals surface area contributed by atoms with E-state index in [4.69, 9.17) is 14.2 Å². The van der Waals surface area contributed by atoms with Crippen LogP contribution >= 0.6 is 0 Å². The molecule has 0 aromatic heterocycles. The number of sulfonamides is 1. The summed E-state index contributed by atoms with van der Waals surface area (Å²) in [5.74, 6) is 0.0457. The van der Waals surface area contributed by atoms with Crippen molar-refractivity contribution in [3.05, 3.63) is 48.5 Å². The van der Waals surface area contributed by atoms with Gasteiger partial charge in [-0.05, 0) is 31.2 Å². The second-order valence-corrected chi connectivity index (χ2v) is 7.03. The summed E-state index contributed by atoms with van der Waals surface area (Å²) in [6, 6.07) is 12.6. The van der Waals surface area contributed by atoms with Gasteiger partial charge in [-0.25, -0.2) is 8.42 Å². The van der Waals surface area contributed by atoms with Gasteiger partial charge in [0.25, 0.3) is 10.0 Å². The summed E-state index contributed by atoms with van der Waals surface area (Å²) in [7, 11) is -1.14. The number of carbonyl (C=O) groups is 1. The van der Waals surface area contributed by atoms with Crippen LogP contribution in [0, 0.1) is 0 Å². The first-order valence-electron chi connectivity index (χ1n) is 7.89. The first kappa shape index (κ1) is 19.6. The largest absolute Gasteiger partial charge is 0.497 e. The van der Waals surface area contributed by atoms with E-state index in [0.717, 1.165) is 4.31 Å². The molecule has 7 nitrogen and oxygen atoms in total. The van der Waals surface area contributed by atoms with Crippen molar-refractivity contribution in [3.63, 3.8) is 0 Å². The molecule has 0 bridgehead atoms. The number of carbonyl (C=O) groups excluding carboxylic acids is 1. The molecule has 0 atom stereocenters. The number of hydrogen-bond acceptors (Lipinski definition) is 6. The van der Waals surface area contributed by atoms with Gasteiger partial charge in [0, 0.05) is 6.07 Å². The Morgan fingerprint density at radius 1 is 1.04 bits per heavy atom. The lowest BCUT2D eigenvalue weighted by Crippen LogP contribution is -2.36. The fraction of sp³-hybridized carbons (Fsp3) is 0.278. The molecule has 0 saturated carbocycles. The van der Waals surface area contributed by atoms with Crippen molar-refractivity contribution >= 4 is 21.7 Å². The maximum Gasteiger partial charge on any atom is 0.326 e. The highest BCUT2D eigenvalue weighted by atomic mass is 32.2. The van der Waals surface area contributed by atoms with Gasteiger partial charge in [-0.3, -0.25) is 9.10 Å². The smallest absolute Gasteiger partial charge is 0.326 e. The molecule has 0 radical (unpaired) electrons. The number of hydrogen-bond donors (Lipinski definition) is 0. The summed E-state index contributed by atoms with van der Waals surface area (Å²) in [5, 5.41) is 0. The fourth-order valence-corrected chi connectivity index (χ4v) is 3.77. The van der Waals surface area contributed by atoms with Crippen LogP contribution in [0.2, 0.25) is 0 Å². The van der Waals surface area contributed by atoms with Crippen LogP contribution in [-0.4, -0.2) is 41.8 Å². The zero-order valence-electron chi connectivity index (χ0n) is 14.8. The van der Waals surface area contributed by atoms with E-state index in [1.54, 1.807) is 37.3 Å². The topological polar surface area (TPSA) is 82.1 Å². The van der Waals surface area contributed by atoms with E-state index in [1.165, 1.54) is 32.4 Å². The summed E-state index contributed by atoms with van der Waals surface area (Å²) < 4.78 is 42.7. The number of methoxy groups -OCH3 is 2. The SMILES string of the molecule is CCOC(=O)CN(c1cc(OC)ccc1OC)S(=O)(=O)c1ccccc1. The highest BCUT2D eigenvalue weighted by Crippen LogP contribution is 2.35. The van der Waals surface area contributed by atoms with Crippen LogP contribution in [0.5, 0.6) is 11.5 Å². The van der Waals surface area contributed by atoms with E-state index < -0.39 is 22.5 Å². The normalized spacial score (nSPS) is 10.9. The molecule has 8 heteroatoms. The van der Waals surface area contributed by atoms with Gasteiger partial charge >= 0.3 is 5.97 Å². The first-order chi connectivity index (χ1) is 12.4. The molecular formula is C18H21NO6S. The van der Waals surface area contributed by atoms with Crippen molar-refractivity contribution in [1.82, 2.24) is 0 Å². The highest BCUT2D eigenvalue weighted by Gasteiger charge is 2.30. The van der Waals surface area contributed by atoms with Gasteiger partial charge in [0.1, 0.15) is 18.0 Å². The van der Waals surface area contributed by atoms with Crippen molar-refractivity contribution in [1.29, 1.82) is 0 Å². The number of rotatable bonds is 8. The Labute approximate surface area is 153 Å². The summed E-state index contributed by atoms with van der Waals surface area (Å²) in [6.45, 7) is 1.31. The maximum atomic E-state index is 13.2. The van der Waals surface area contributed by atoms with Crippen molar-refractivity contribution < 1.29 is 27.4 Å². The van der Waals surface area contributed by atoms with Crippen LogP contribution in [0.3, 0.4) is 0 Å². The zero-order chi connectivity index (χ0) is 19.2. The molecule has 0 aliphatic heterocycles. The molecule has 0 spiro atoms. The lowest BCUT2D eigenvalue weighted by molar-refractivity contribution is -0.141. The van der Waals surface area contributed by atoms with Crippen LogP contribution in [0.1, 0.15) is 6.92 Å². The second-order valence-electron chi connectivity index (χ2n) is 5.17. The quantitative estimate of drug-likeness (QED) is 0.656. The Kier molecular flexibility index (Phi) is 6.46. The molecule has 0 unspecified atom stereocenters. The minimum absolute atomic E-state index is 0.0502. The monoisotopic (exact) mass is 379 g/mol. The van der Waals surface area contributed by atoms with E-state index in [2.05, 4.69) is 0 Å². The van der Waals surface area contributed by atoms with Crippen molar-refractivity contribution in [2.24, 2.45) is 0 Å². The van der Waals surface area contributed by atoms with Gasteiger partial charge in [0.2, 0.25) is 0 Å². The van der Waals surface area contributed by atoms with E-state index >= 15 is 0 Å². The van der Waals surface area contributed by atoms with E-state index in [1.807, 2.05) is 0 Å². The highest BCUT2D eigenvalue weighted by molar-refractivity contribution is 7.92. The standard InChI is InChI=1S/C18H21NO6S/c1-4-25-18(20)13-19(26(21,22)15-8-6-5-7-9-15)16-12-14(23-2)10-11-17(16)24-3/h5-12H,4,13H2,1-3H3. The van der Waals surface area contributed by atoms with Gasteiger partial charge < -0.3 is 14.2 Å². The maximum absolute atomic E-state index is 13.2. The Balaban J connectivity index is 2.60. The average Bonchev–Trinajstić information content (AvgIpc) is 2.66. The van der Waals surface area contributed by atoms with E-state index in [-0.39, 0.29) is 22.9 Å². The van der Waals surface area contributed by atoms with Crippen LogP contribution in [0.4, 0.5) is 5.69 Å². The van der Waals surface area contributed by atoms with Gasteiger partial charge in [-0.1, -0.05) is 18.2 Å². The van der Waals surface area contributed by atoms with Gasteiger partial charge in [0.05, 0.1) is 31.4 Å². The third kappa shape index (κ3) is 4.26. The Bertz CT molecular complexity index is 851. The molecule has 0 saturated heterocycles. The predicted molar refractivity (Wildman–Crippen MR) is 97.2 cm³/mol. The Morgan fingerprint density at radius 2 is 1.73 bits per heavy atom. The molecule has 0 heterocycles. The zero-order valence-corrected chi connectivity index (χ0v) is 15.7. The van der Waals surface area contributed by atoms with Crippen molar-refractivity contribution in [2.45, 2.75) is 11.8 Å². The van der Waals surface area contributed by atoms with Crippen LogP contribution in [0.25, 0.3) is 0 Å². The average molecular weight is 379 g/mol. The van der Waals surface area contributed by atoms with Crippen LogP contribution in [-0.2, 0) is 19.6 Å². The number of benzene rings is 2. The summed E-state index contributed by atoms with van der Waals surface area (Å²) in [6.07, 6.45) is 0. The molecule has 2 aromatic rings.